The van der Waals surface area contributed by atoms with E-state index in [0.29, 0.717) is 12.4 Å². The van der Waals surface area contributed by atoms with Gasteiger partial charge in [0, 0.05) is 31.1 Å². The lowest BCUT2D eigenvalue weighted by Crippen LogP contribution is -2.41. The fourth-order valence-corrected chi connectivity index (χ4v) is 4.90. The molecule has 3 N–H and O–H groups in total. The summed E-state index contributed by atoms with van der Waals surface area (Å²) in [5, 5.41) is 11.1. The molecule has 3 rings (SSSR count). The number of carbonyl (C=O) groups excluding carboxylic acids is 1. The molecule has 0 spiro atoms. The molecule has 0 radical (unpaired) electrons. The highest BCUT2D eigenvalue weighted by atomic mass is 79.9. The summed E-state index contributed by atoms with van der Waals surface area (Å²) in [6, 6.07) is 0. The molecule has 3 heterocycles. The maximum Gasteiger partial charge on any atom is 0.407 e. The largest absolute Gasteiger partial charge is 0.444 e. The van der Waals surface area contributed by atoms with Crippen LogP contribution >= 0.6 is 27.7 Å². The molecule has 0 saturated carbocycles. The first-order chi connectivity index (χ1) is 15.6. The summed E-state index contributed by atoms with van der Waals surface area (Å²) in [4.78, 5) is 19.3. The van der Waals surface area contributed by atoms with Crippen LogP contribution in [-0.4, -0.2) is 57.4 Å². The molecule has 0 aromatic carbocycles. The van der Waals surface area contributed by atoms with Gasteiger partial charge in [-0.1, -0.05) is 6.58 Å². The number of carbonyl (C=O) groups is 1. The minimum Gasteiger partial charge on any atom is -0.444 e. The number of piperidine rings is 1. The Hall–Kier alpha value is -2.04. The predicted molar refractivity (Wildman–Crippen MR) is 139 cm³/mol. The Balaban J connectivity index is 1.74. The van der Waals surface area contributed by atoms with Crippen LogP contribution in [0.1, 0.15) is 57.7 Å². The van der Waals surface area contributed by atoms with Gasteiger partial charge < -0.3 is 20.7 Å². The lowest BCUT2D eigenvalue weighted by Gasteiger charge is -2.33. The van der Waals surface area contributed by atoms with Crippen LogP contribution in [0.25, 0.3) is 11.2 Å². The molecule has 1 unspecified atom stereocenters. The van der Waals surface area contributed by atoms with E-state index in [0.717, 1.165) is 59.4 Å². The fraction of sp³-hybridized carbons (Fsp3) is 0.522. The standard InChI is InChI=1S/C23H33BrN6O2S/c1-6-33-14-15(2)17-12-27-30-20(25)18(24)19(28-21(17)30)16-8-7-10-29(13-16)11-9-26-22(31)32-23(3,4)5/h6,12,14,16H,1,7-11,13,25H2,2-5H3,(H,26,31)/b15-14+. The van der Waals surface area contributed by atoms with Crippen molar-refractivity contribution in [1.29, 1.82) is 0 Å². The molecule has 2 aromatic rings. The second-order valence-corrected chi connectivity index (χ2v) is 10.8. The van der Waals surface area contributed by atoms with Gasteiger partial charge in [0.2, 0.25) is 0 Å². The molecular weight excluding hydrogens is 504 g/mol. The molecule has 33 heavy (non-hydrogen) atoms. The van der Waals surface area contributed by atoms with Crippen LogP contribution in [0.15, 0.2) is 28.1 Å². The van der Waals surface area contributed by atoms with Crippen molar-refractivity contribution in [3.8, 4) is 0 Å². The quantitative estimate of drug-likeness (QED) is 0.512. The molecule has 2 aromatic heterocycles. The normalized spacial score (nSPS) is 17.8. The molecule has 180 valence electrons. The first-order valence-corrected chi connectivity index (χ1v) is 12.8. The minimum atomic E-state index is -0.499. The van der Waals surface area contributed by atoms with Crippen molar-refractivity contribution in [2.75, 3.05) is 31.9 Å². The van der Waals surface area contributed by atoms with Crippen molar-refractivity contribution in [3.63, 3.8) is 0 Å². The van der Waals surface area contributed by atoms with Crippen LogP contribution in [0.5, 0.6) is 0 Å². The number of halogens is 1. The van der Waals surface area contributed by atoms with Gasteiger partial charge in [0.15, 0.2) is 5.65 Å². The third-order valence-corrected chi connectivity index (χ3v) is 6.90. The maximum atomic E-state index is 11.9. The molecule has 10 heteroatoms. The summed E-state index contributed by atoms with van der Waals surface area (Å²) in [6.07, 6.45) is 3.50. The highest BCUT2D eigenvalue weighted by Crippen LogP contribution is 2.35. The van der Waals surface area contributed by atoms with Gasteiger partial charge >= 0.3 is 6.09 Å². The molecule has 1 aliphatic heterocycles. The lowest BCUT2D eigenvalue weighted by atomic mass is 9.94. The van der Waals surface area contributed by atoms with E-state index in [9.17, 15) is 4.79 Å². The number of hydrogen-bond donors (Lipinski definition) is 2. The minimum absolute atomic E-state index is 0.233. The highest BCUT2D eigenvalue weighted by molar-refractivity contribution is 9.10. The highest BCUT2D eigenvalue weighted by Gasteiger charge is 2.27. The molecule has 1 atom stereocenters. The van der Waals surface area contributed by atoms with Crippen LogP contribution in [0, 0.1) is 0 Å². The Kier molecular flexibility index (Phi) is 8.47. The first kappa shape index (κ1) is 25.6. The Bertz CT molecular complexity index is 1050. The van der Waals surface area contributed by atoms with Crippen molar-refractivity contribution in [2.24, 2.45) is 0 Å². The van der Waals surface area contributed by atoms with E-state index in [4.69, 9.17) is 15.5 Å². The summed E-state index contributed by atoms with van der Waals surface area (Å²) in [5.74, 6) is 0.783. The number of amides is 1. The van der Waals surface area contributed by atoms with E-state index in [-0.39, 0.29) is 12.0 Å². The number of nitrogens with zero attached hydrogens (tertiary/aromatic N) is 4. The van der Waals surface area contributed by atoms with E-state index in [1.807, 2.05) is 33.1 Å². The maximum absolute atomic E-state index is 11.9. The van der Waals surface area contributed by atoms with Crippen molar-refractivity contribution in [2.45, 2.75) is 52.1 Å². The van der Waals surface area contributed by atoms with Crippen molar-refractivity contribution in [1.82, 2.24) is 24.8 Å². The number of nitrogen functional groups attached to an aromatic ring is 1. The fourth-order valence-electron chi connectivity index (χ4n) is 3.89. The Morgan fingerprint density at radius 3 is 2.94 bits per heavy atom. The Morgan fingerprint density at radius 2 is 2.24 bits per heavy atom. The number of rotatable bonds is 7. The van der Waals surface area contributed by atoms with Crippen LogP contribution < -0.4 is 11.1 Å². The second kappa shape index (κ2) is 10.9. The average molecular weight is 538 g/mol. The third-order valence-electron chi connectivity index (χ3n) is 5.40. The monoisotopic (exact) mass is 536 g/mol. The van der Waals surface area contributed by atoms with E-state index in [1.165, 1.54) is 11.8 Å². The van der Waals surface area contributed by atoms with Gasteiger partial charge in [-0.2, -0.15) is 9.61 Å². The van der Waals surface area contributed by atoms with Crippen LogP contribution in [0.3, 0.4) is 0 Å². The summed E-state index contributed by atoms with van der Waals surface area (Å²) < 4.78 is 7.80. The second-order valence-electron chi connectivity index (χ2n) is 9.16. The number of likely N-dealkylation sites (tertiary alicyclic amines) is 1. The molecule has 1 saturated heterocycles. The Morgan fingerprint density at radius 1 is 1.48 bits per heavy atom. The number of anilines is 1. The molecule has 0 bridgehead atoms. The van der Waals surface area contributed by atoms with Crippen molar-refractivity contribution < 1.29 is 9.53 Å². The van der Waals surface area contributed by atoms with E-state index in [2.05, 4.69) is 37.8 Å². The summed E-state index contributed by atoms with van der Waals surface area (Å²) in [5.41, 5.74) is 9.67. The molecule has 1 amide bonds. The summed E-state index contributed by atoms with van der Waals surface area (Å²) in [6.45, 7) is 14.5. The first-order valence-electron chi connectivity index (χ1n) is 11.1. The SMILES string of the molecule is C=CS/C=C(\C)c1cnn2c(N)c(Br)c(C3CCCN(CCNC(=O)OC(C)(C)C)C3)nc12. The average Bonchev–Trinajstić information content (AvgIpc) is 3.17. The predicted octanol–water partition coefficient (Wildman–Crippen LogP) is 5.02. The van der Waals surface area contributed by atoms with Crippen LogP contribution in [0.2, 0.25) is 0 Å². The van der Waals surface area contributed by atoms with E-state index < -0.39 is 5.60 Å². The zero-order chi connectivity index (χ0) is 24.2. The zero-order valence-electron chi connectivity index (χ0n) is 19.7. The third kappa shape index (κ3) is 6.51. The van der Waals surface area contributed by atoms with Crippen molar-refractivity contribution >= 4 is 50.8 Å². The van der Waals surface area contributed by atoms with Gasteiger partial charge in [0.05, 0.1) is 16.4 Å². The molecule has 1 fully saturated rings. The number of alkyl carbamates (subject to hydrolysis) is 1. The number of allylic oxidation sites excluding steroid dienone is 1. The smallest absolute Gasteiger partial charge is 0.407 e. The van der Waals surface area contributed by atoms with Gasteiger partial charge in [0.25, 0.3) is 0 Å². The van der Waals surface area contributed by atoms with E-state index >= 15 is 0 Å². The molecule has 8 nitrogen and oxygen atoms in total. The number of nitrogens with one attached hydrogen (secondary N) is 1. The molecular formula is C23H33BrN6O2S. The Labute approximate surface area is 208 Å². The summed E-state index contributed by atoms with van der Waals surface area (Å²) >= 11 is 5.20. The van der Waals surface area contributed by atoms with Gasteiger partial charge in [0.1, 0.15) is 11.4 Å². The number of hydrogen-bond acceptors (Lipinski definition) is 7. The number of ether oxygens (including phenoxy) is 1. The number of fused-ring (bicyclic) bond motifs is 1. The summed E-state index contributed by atoms with van der Waals surface area (Å²) in [7, 11) is 0. The van der Waals surface area contributed by atoms with Gasteiger partial charge in [-0.25, -0.2) is 9.78 Å². The van der Waals surface area contributed by atoms with Gasteiger partial charge in [-0.15, -0.1) is 11.8 Å². The number of nitrogens with two attached hydrogens (primary N) is 1. The van der Waals surface area contributed by atoms with E-state index in [1.54, 1.807) is 16.1 Å². The zero-order valence-corrected chi connectivity index (χ0v) is 22.1. The topological polar surface area (TPSA) is 97.8 Å². The van der Waals surface area contributed by atoms with Gasteiger partial charge in [-0.3, -0.25) is 0 Å². The van der Waals surface area contributed by atoms with Crippen LogP contribution in [-0.2, 0) is 4.74 Å². The van der Waals surface area contributed by atoms with Crippen molar-refractivity contribution in [3.05, 3.63) is 39.3 Å². The number of aromatic nitrogens is 3. The molecule has 1 aliphatic rings. The molecule has 0 aliphatic carbocycles. The van der Waals surface area contributed by atoms with Crippen LogP contribution in [0.4, 0.5) is 10.6 Å². The lowest BCUT2D eigenvalue weighted by molar-refractivity contribution is 0.0520. The van der Waals surface area contributed by atoms with Gasteiger partial charge in [-0.05, 0) is 79.4 Å². The number of thioether (sulfide) groups is 1.